The van der Waals surface area contributed by atoms with Gasteiger partial charge in [-0.2, -0.15) is 0 Å². The smallest absolute Gasteiger partial charge is 0.0201 e. The van der Waals surface area contributed by atoms with Crippen molar-refractivity contribution in [2.45, 2.75) is 39.0 Å². The highest BCUT2D eigenvalue weighted by Crippen LogP contribution is 2.49. The summed E-state index contributed by atoms with van der Waals surface area (Å²) >= 11 is 2.50. The highest BCUT2D eigenvalue weighted by Gasteiger charge is 2.42. The summed E-state index contributed by atoms with van der Waals surface area (Å²) in [5, 5.41) is 0. The average Bonchev–Trinajstić information content (AvgIpc) is 2.33. The van der Waals surface area contributed by atoms with Gasteiger partial charge in [-0.1, -0.05) is 19.8 Å². The fourth-order valence-corrected chi connectivity index (χ4v) is 4.04. The zero-order valence-electron chi connectivity index (χ0n) is 7.85. The molecule has 0 aromatic heterocycles. The lowest BCUT2D eigenvalue weighted by molar-refractivity contribution is 0.122. The molecule has 2 fully saturated rings. The molecule has 2 heteroatoms. The molecule has 1 saturated heterocycles. The Balaban J connectivity index is 2.08. The largest absolute Gasteiger partial charge is 0.247 e. The fraction of sp³-hybridized carbons (Fsp3) is 1.00. The standard InChI is InChI=1S/C10H18IN/c1-9-4-2-5-10(9)6-3-7-12(11)8-10/h9H,2-8H2,1H3. The van der Waals surface area contributed by atoms with Crippen molar-refractivity contribution < 1.29 is 0 Å². The molecule has 0 N–H and O–H groups in total. The van der Waals surface area contributed by atoms with Gasteiger partial charge in [0.05, 0.1) is 0 Å². The van der Waals surface area contributed by atoms with Crippen LogP contribution in [0.25, 0.3) is 0 Å². The summed E-state index contributed by atoms with van der Waals surface area (Å²) in [6.07, 6.45) is 7.37. The van der Waals surface area contributed by atoms with Crippen LogP contribution in [0.4, 0.5) is 0 Å². The van der Waals surface area contributed by atoms with E-state index in [0.717, 1.165) is 11.3 Å². The Morgan fingerprint density at radius 1 is 1.33 bits per heavy atom. The van der Waals surface area contributed by atoms with E-state index in [1.54, 1.807) is 0 Å². The summed E-state index contributed by atoms with van der Waals surface area (Å²) in [6, 6.07) is 0. The van der Waals surface area contributed by atoms with Crippen molar-refractivity contribution in [3.63, 3.8) is 0 Å². The van der Waals surface area contributed by atoms with Crippen LogP contribution in [0, 0.1) is 11.3 Å². The summed E-state index contributed by atoms with van der Waals surface area (Å²) in [4.78, 5) is 0. The van der Waals surface area contributed by atoms with Gasteiger partial charge in [0.15, 0.2) is 0 Å². The first kappa shape index (κ1) is 9.25. The Morgan fingerprint density at radius 2 is 2.08 bits per heavy atom. The second-order valence-corrected chi connectivity index (χ2v) is 5.97. The minimum atomic E-state index is 0.722. The number of rotatable bonds is 0. The average molecular weight is 279 g/mol. The first-order valence-corrected chi connectivity index (χ1v) is 6.10. The van der Waals surface area contributed by atoms with Crippen LogP contribution in [-0.2, 0) is 0 Å². The monoisotopic (exact) mass is 279 g/mol. The van der Waals surface area contributed by atoms with Crippen molar-refractivity contribution in [1.82, 2.24) is 3.11 Å². The minimum absolute atomic E-state index is 0.722. The molecule has 1 saturated carbocycles. The van der Waals surface area contributed by atoms with Gasteiger partial charge < -0.3 is 0 Å². The summed E-state index contributed by atoms with van der Waals surface area (Å²) in [5.41, 5.74) is 0.722. The van der Waals surface area contributed by atoms with Crippen LogP contribution < -0.4 is 0 Å². The number of halogens is 1. The van der Waals surface area contributed by atoms with Gasteiger partial charge in [0.25, 0.3) is 0 Å². The Morgan fingerprint density at radius 3 is 2.67 bits per heavy atom. The van der Waals surface area contributed by atoms with Gasteiger partial charge in [0, 0.05) is 36.0 Å². The summed E-state index contributed by atoms with van der Waals surface area (Å²) in [7, 11) is 0. The number of piperidine rings is 1. The van der Waals surface area contributed by atoms with Crippen LogP contribution >= 0.6 is 22.9 Å². The quantitative estimate of drug-likeness (QED) is 0.486. The topological polar surface area (TPSA) is 3.24 Å². The molecular formula is C10H18IN. The molecule has 2 rings (SSSR count). The molecule has 2 unspecified atom stereocenters. The highest BCUT2D eigenvalue weighted by molar-refractivity contribution is 14.1. The molecule has 0 bridgehead atoms. The van der Waals surface area contributed by atoms with Crippen LogP contribution in [0.1, 0.15) is 39.0 Å². The zero-order valence-corrected chi connectivity index (χ0v) is 10.0. The molecule has 0 aromatic carbocycles. The summed E-state index contributed by atoms with van der Waals surface area (Å²) in [5.74, 6) is 0.982. The molecule has 0 radical (unpaired) electrons. The van der Waals surface area contributed by atoms with Gasteiger partial charge in [0.2, 0.25) is 0 Å². The van der Waals surface area contributed by atoms with Crippen LogP contribution in [0.3, 0.4) is 0 Å². The van der Waals surface area contributed by atoms with E-state index in [0.29, 0.717) is 0 Å². The van der Waals surface area contributed by atoms with E-state index in [2.05, 4.69) is 32.9 Å². The second-order valence-electron chi connectivity index (χ2n) is 4.60. The predicted molar refractivity (Wildman–Crippen MR) is 60.3 cm³/mol. The highest BCUT2D eigenvalue weighted by atomic mass is 127. The Hall–Kier alpha value is 0.690. The van der Waals surface area contributed by atoms with Crippen LogP contribution in [0.5, 0.6) is 0 Å². The van der Waals surface area contributed by atoms with Gasteiger partial charge >= 0.3 is 0 Å². The molecule has 1 aliphatic carbocycles. The van der Waals surface area contributed by atoms with Crippen molar-refractivity contribution in [3.05, 3.63) is 0 Å². The van der Waals surface area contributed by atoms with Crippen molar-refractivity contribution in [2.75, 3.05) is 13.1 Å². The van der Waals surface area contributed by atoms with Crippen LogP contribution in [0.15, 0.2) is 0 Å². The van der Waals surface area contributed by atoms with E-state index in [4.69, 9.17) is 0 Å². The van der Waals surface area contributed by atoms with E-state index in [1.165, 1.54) is 45.2 Å². The van der Waals surface area contributed by atoms with Crippen molar-refractivity contribution in [2.24, 2.45) is 11.3 Å². The lowest BCUT2D eigenvalue weighted by atomic mass is 9.73. The number of hydrogen-bond donors (Lipinski definition) is 0. The van der Waals surface area contributed by atoms with E-state index in [9.17, 15) is 0 Å². The molecule has 1 aliphatic heterocycles. The zero-order chi connectivity index (χ0) is 8.60. The third-order valence-electron chi connectivity index (χ3n) is 3.92. The first-order valence-electron chi connectivity index (χ1n) is 5.14. The van der Waals surface area contributed by atoms with Crippen molar-refractivity contribution >= 4 is 22.9 Å². The maximum atomic E-state index is 2.50. The molecule has 1 heterocycles. The molecule has 12 heavy (non-hydrogen) atoms. The van der Waals surface area contributed by atoms with Crippen LogP contribution in [-0.4, -0.2) is 16.2 Å². The van der Waals surface area contributed by atoms with Gasteiger partial charge in [-0.3, -0.25) is 0 Å². The molecule has 0 amide bonds. The van der Waals surface area contributed by atoms with E-state index in [1.807, 2.05) is 0 Å². The fourth-order valence-electron chi connectivity index (χ4n) is 3.02. The Bertz CT molecular complexity index is 171. The SMILES string of the molecule is CC1CCCC12CCCN(I)C2. The predicted octanol–water partition coefficient (Wildman–Crippen LogP) is 3.24. The van der Waals surface area contributed by atoms with Gasteiger partial charge in [0.1, 0.15) is 0 Å². The first-order chi connectivity index (χ1) is 5.73. The minimum Gasteiger partial charge on any atom is -0.247 e. The van der Waals surface area contributed by atoms with E-state index < -0.39 is 0 Å². The molecule has 1 spiro atoms. The van der Waals surface area contributed by atoms with Gasteiger partial charge in [-0.25, -0.2) is 3.11 Å². The van der Waals surface area contributed by atoms with Gasteiger partial charge in [-0.05, 0) is 30.6 Å². The lowest BCUT2D eigenvalue weighted by Crippen LogP contribution is -2.40. The molecule has 0 aromatic rings. The van der Waals surface area contributed by atoms with Gasteiger partial charge in [-0.15, -0.1) is 0 Å². The summed E-state index contributed by atoms with van der Waals surface area (Å²) in [6.45, 7) is 5.13. The molecule has 1 nitrogen and oxygen atoms in total. The lowest BCUT2D eigenvalue weighted by Gasteiger charge is -2.41. The third-order valence-corrected chi connectivity index (χ3v) is 4.74. The maximum Gasteiger partial charge on any atom is 0.0201 e. The third kappa shape index (κ3) is 1.52. The maximum absolute atomic E-state index is 2.50. The van der Waals surface area contributed by atoms with Crippen molar-refractivity contribution in [3.8, 4) is 0 Å². The second kappa shape index (κ2) is 3.45. The normalized spacial score (nSPS) is 44.0. The molecule has 2 aliphatic rings. The molecule has 2 atom stereocenters. The Kier molecular flexibility index (Phi) is 2.66. The van der Waals surface area contributed by atoms with Crippen LogP contribution in [0.2, 0.25) is 0 Å². The Labute approximate surface area is 89.4 Å². The van der Waals surface area contributed by atoms with E-state index in [-0.39, 0.29) is 0 Å². The number of nitrogens with zero attached hydrogens (tertiary/aromatic N) is 1. The molecular weight excluding hydrogens is 261 g/mol. The number of hydrogen-bond acceptors (Lipinski definition) is 1. The molecule has 70 valence electrons. The van der Waals surface area contributed by atoms with E-state index >= 15 is 0 Å². The van der Waals surface area contributed by atoms with Crippen molar-refractivity contribution in [1.29, 1.82) is 0 Å². The summed E-state index contributed by atoms with van der Waals surface area (Å²) < 4.78 is 2.50.